The fourth-order valence-corrected chi connectivity index (χ4v) is 1.94. The second-order valence-electron chi connectivity index (χ2n) is 3.62. The molecule has 2 atom stereocenters. The Hall–Kier alpha value is -0.0800. The zero-order chi connectivity index (χ0) is 8.81. The van der Waals surface area contributed by atoms with Crippen LogP contribution in [0.1, 0.15) is 39.0 Å². The molecule has 0 bridgehead atoms. The van der Waals surface area contributed by atoms with Crippen molar-refractivity contribution in [3.05, 3.63) is 0 Å². The molecule has 1 fully saturated rings. The summed E-state index contributed by atoms with van der Waals surface area (Å²) in [4.78, 5) is 0. The van der Waals surface area contributed by atoms with E-state index in [9.17, 15) is 0 Å². The average Bonchev–Trinajstić information content (AvgIpc) is 2.15. The average molecular weight is 171 g/mol. The highest BCUT2D eigenvalue weighted by Gasteiger charge is 2.23. The van der Waals surface area contributed by atoms with E-state index in [0.29, 0.717) is 12.1 Å². The summed E-state index contributed by atoms with van der Waals surface area (Å²) >= 11 is 0. The standard InChI is InChI=1S/C10H21NO/c1-3-8-11-9-6-4-5-7-10(9)12-2/h9-11H,3-8H2,1-2H3. The molecular formula is C10H21NO. The number of rotatable bonds is 4. The second kappa shape index (κ2) is 5.55. The van der Waals surface area contributed by atoms with E-state index in [1.54, 1.807) is 0 Å². The Morgan fingerprint density at radius 2 is 2.08 bits per heavy atom. The Kier molecular flexibility index (Phi) is 4.62. The van der Waals surface area contributed by atoms with Crippen LogP contribution in [0.15, 0.2) is 0 Å². The van der Waals surface area contributed by atoms with E-state index in [4.69, 9.17) is 4.74 Å². The van der Waals surface area contributed by atoms with Gasteiger partial charge in [-0.15, -0.1) is 0 Å². The maximum absolute atomic E-state index is 5.44. The topological polar surface area (TPSA) is 21.3 Å². The number of methoxy groups -OCH3 is 1. The molecule has 0 aromatic rings. The summed E-state index contributed by atoms with van der Waals surface area (Å²) in [7, 11) is 1.83. The Morgan fingerprint density at radius 1 is 1.33 bits per heavy atom. The summed E-state index contributed by atoms with van der Waals surface area (Å²) in [6.45, 7) is 3.34. The largest absolute Gasteiger partial charge is 0.380 e. The summed E-state index contributed by atoms with van der Waals surface area (Å²) in [5, 5.41) is 3.55. The van der Waals surface area contributed by atoms with Crippen LogP contribution in [0, 0.1) is 0 Å². The number of hydrogen-bond acceptors (Lipinski definition) is 2. The van der Waals surface area contributed by atoms with E-state index in [-0.39, 0.29) is 0 Å². The highest BCUT2D eigenvalue weighted by atomic mass is 16.5. The monoisotopic (exact) mass is 171 g/mol. The second-order valence-corrected chi connectivity index (χ2v) is 3.62. The van der Waals surface area contributed by atoms with Gasteiger partial charge in [-0.2, -0.15) is 0 Å². The van der Waals surface area contributed by atoms with Crippen LogP contribution in [0.2, 0.25) is 0 Å². The summed E-state index contributed by atoms with van der Waals surface area (Å²) in [5.41, 5.74) is 0. The summed E-state index contributed by atoms with van der Waals surface area (Å²) < 4.78 is 5.44. The molecule has 0 aromatic heterocycles. The molecule has 12 heavy (non-hydrogen) atoms. The van der Waals surface area contributed by atoms with Gasteiger partial charge in [0.2, 0.25) is 0 Å². The number of hydrogen-bond donors (Lipinski definition) is 1. The fourth-order valence-electron chi connectivity index (χ4n) is 1.94. The zero-order valence-electron chi connectivity index (χ0n) is 8.31. The normalized spacial score (nSPS) is 30.5. The van der Waals surface area contributed by atoms with E-state index in [1.807, 2.05) is 7.11 Å². The Balaban J connectivity index is 2.26. The minimum Gasteiger partial charge on any atom is -0.380 e. The van der Waals surface area contributed by atoms with Crippen molar-refractivity contribution in [1.82, 2.24) is 5.32 Å². The molecule has 0 aromatic carbocycles. The van der Waals surface area contributed by atoms with Crippen molar-refractivity contribution in [3.8, 4) is 0 Å². The molecule has 0 heterocycles. The zero-order valence-corrected chi connectivity index (χ0v) is 8.31. The quantitative estimate of drug-likeness (QED) is 0.698. The van der Waals surface area contributed by atoms with E-state index in [0.717, 1.165) is 6.54 Å². The van der Waals surface area contributed by atoms with Gasteiger partial charge in [-0.25, -0.2) is 0 Å². The van der Waals surface area contributed by atoms with Crippen molar-refractivity contribution < 1.29 is 4.74 Å². The first-order valence-corrected chi connectivity index (χ1v) is 5.14. The number of nitrogens with one attached hydrogen (secondary N) is 1. The molecule has 0 spiro atoms. The van der Waals surface area contributed by atoms with Crippen LogP contribution < -0.4 is 5.32 Å². The lowest BCUT2D eigenvalue weighted by molar-refractivity contribution is 0.0420. The van der Waals surface area contributed by atoms with Crippen LogP contribution in [0.5, 0.6) is 0 Å². The lowest BCUT2D eigenvalue weighted by Crippen LogP contribution is -2.43. The highest BCUT2D eigenvalue weighted by molar-refractivity contribution is 4.81. The lowest BCUT2D eigenvalue weighted by atomic mass is 9.92. The first-order chi connectivity index (χ1) is 5.88. The van der Waals surface area contributed by atoms with Crippen LogP contribution in [0.25, 0.3) is 0 Å². The minimum atomic E-state index is 0.463. The van der Waals surface area contributed by atoms with Crippen LogP contribution >= 0.6 is 0 Å². The van der Waals surface area contributed by atoms with Crippen molar-refractivity contribution >= 4 is 0 Å². The van der Waals surface area contributed by atoms with Crippen molar-refractivity contribution in [3.63, 3.8) is 0 Å². The highest BCUT2D eigenvalue weighted by Crippen LogP contribution is 2.20. The van der Waals surface area contributed by atoms with Crippen molar-refractivity contribution in [2.45, 2.75) is 51.2 Å². The first kappa shape index (κ1) is 10.0. The molecule has 0 aliphatic heterocycles. The van der Waals surface area contributed by atoms with E-state index < -0.39 is 0 Å². The van der Waals surface area contributed by atoms with Crippen molar-refractivity contribution in [2.24, 2.45) is 0 Å². The third kappa shape index (κ3) is 2.76. The molecule has 1 rings (SSSR count). The van der Waals surface area contributed by atoms with Gasteiger partial charge >= 0.3 is 0 Å². The predicted octanol–water partition coefficient (Wildman–Crippen LogP) is 1.94. The molecule has 2 unspecified atom stereocenters. The van der Waals surface area contributed by atoms with Crippen LogP contribution in [-0.4, -0.2) is 25.8 Å². The molecule has 1 N–H and O–H groups in total. The van der Waals surface area contributed by atoms with Crippen LogP contribution in [0.3, 0.4) is 0 Å². The minimum absolute atomic E-state index is 0.463. The van der Waals surface area contributed by atoms with Crippen molar-refractivity contribution in [1.29, 1.82) is 0 Å². The Morgan fingerprint density at radius 3 is 2.75 bits per heavy atom. The van der Waals surface area contributed by atoms with Gasteiger partial charge in [-0.3, -0.25) is 0 Å². The van der Waals surface area contributed by atoms with Gasteiger partial charge in [0.25, 0.3) is 0 Å². The van der Waals surface area contributed by atoms with Crippen LogP contribution in [0.4, 0.5) is 0 Å². The van der Waals surface area contributed by atoms with Gasteiger partial charge < -0.3 is 10.1 Å². The molecule has 1 aliphatic carbocycles. The van der Waals surface area contributed by atoms with Crippen molar-refractivity contribution in [2.75, 3.05) is 13.7 Å². The maximum atomic E-state index is 5.44. The third-order valence-corrected chi connectivity index (χ3v) is 2.66. The lowest BCUT2D eigenvalue weighted by Gasteiger charge is -2.31. The molecule has 72 valence electrons. The van der Waals surface area contributed by atoms with Gasteiger partial charge in [0.1, 0.15) is 0 Å². The molecule has 2 heteroatoms. The summed E-state index contributed by atoms with van der Waals surface area (Å²) in [6.07, 6.45) is 6.90. The Bertz CT molecular complexity index is 116. The molecule has 0 saturated heterocycles. The SMILES string of the molecule is CCCNC1CCCCC1OC. The number of ether oxygens (including phenoxy) is 1. The smallest absolute Gasteiger partial charge is 0.0724 e. The predicted molar refractivity (Wildman–Crippen MR) is 51.3 cm³/mol. The molecule has 1 saturated carbocycles. The molecule has 0 amide bonds. The molecule has 0 radical (unpaired) electrons. The van der Waals surface area contributed by atoms with Gasteiger partial charge in [0.15, 0.2) is 0 Å². The first-order valence-electron chi connectivity index (χ1n) is 5.14. The molecular weight excluding hydrogens is 150 g/mol. The van der Waals surface area contributed by atoms with E-state index >= 15 is 0 Å². The fraction of sp³-hybridized carbons (Fsp3) is 1.00. The van der Waals surface area contributed by atoms with Gasteiger partial charge in [-0.1, -0.05) is 19.8 Å². The molecule has 1 aliphatic rings. The van der Waals surface area contributed by atoms with Gasteiger partial charge in [0, 0.05) is 13.2 Å². The van der Waals surface area contributed by atoms with E-state index in [2.05, 4.69) is 12.2 Å². The van der Waals surface area contributed by atoms with E-state index in [1.165, 1.54) is 32.1 Å². The summed E-state index contributed by atoms with van der Waals surface area (Å²) in [6, 6.07) is 0.615. The maximum Gasteiger partial charge on any atom is 0.0724 e. The molecule has 2 nitrogen and oxygen atoms in total. The van der Waals surface area contributed by atoms with Gasteiger partial charge in [-0.05, 0) is 25.8 Å². The van der Waals surface area contributed by atoms with Crippen LogP contribution in [-0.2, 0) is 4.74 Å². The third-order valence-electron chi connectivity index (χ3n) is 2.66. The Labute approximate surface area is 75.7 Å². The van der Waals surface area contributed by atoms with Gasteiger partial charge in [0.05, 0.1) is 6.10 Å². The summed E-state index contributed by atoms with van der Waals surface area (Å²) in [5.74, 6) is 0.